The van der Waals surface area contributed by atoms with Crippen LogP contribution in [0, 0.1) is 0 Å². The Labute approximate surface area is 145 Å². The molecule has 4 heteroatoms. The molecule has 1 aromatic rings. The van der Waals surface area contributed by atoms with E-state index < -0.39 is 0 Å². The molecule has 130 valence electrons. The maximum atomic E-state index is 12.7. The first-order valence-corrected chi connectivity index (χ1v) is 9.59. The molecule has 2 aliphatic heterocycles. The fourth-order valence-electron chi connectivity index (χ4n) is 4.30. The van der Waals surface area contributed by atoms with Crippen LogP contribution >= 0.6 is 0 Å². The molecule has 3 fully saturated rings. The summed E-state index contributed by atoms with van der Waals surface area (Å²) in [5.74, 6) is 0. The third kappa shape index (κ3) is 3.59. The Balaban J connectivity index is 1.30. The first-order chi connectivity index (χ1) is 11.7. The Kier molecular flexibility index (Phi) is 4.49. The Morgan fingerprint density at radius 2 is 1.83 bits per heavy atom. The topological polar surface area (TPSA) is 35.6 Å². The highest BCUT2D eigenvalue weighted by molar-refractivity contribution is 5.76. The van der Waals surface area contributed by atoms with E-state index in [1.54, 1.807) is 0 Å². The van der Waals surface area contributed by atoms with E-state index in [-0.39, 0.29) is 11.6 Å². The van der Waals surface area contributed by atoms with Crippen LogP contribution in [0.1, 0.15) is 44.1 Å². The number of likely N-dealkylation sites (tertiary alicyclic amines) is 2. The van der Waals surface area contributed by atoms with E-state index in [2.05, 4.69) is 34.5 Å². The van der Waals surface area contributed by atoms with Gasteiger partial charge in [0.15, 0.2) is 0 Å². The van der Waals surface area contributed by atoms with Crippen molar-refractivity contribution in [3.63, 3.8) is 0 Å². The lowest BCUT2D eigenvalue weighted by Crippen LogP contribution is -2.48. The Morgan fingerprint density at radius 1 is 1.08 bits per heavy atom. The predicted molar refractivity (Wildman–Crippen MR) is 96.0 cm³/mol. The van der Waals surface area contributed by atoms with Crippen molar-refractivity contribution in [2.24, 2.45) is 0 Å². The zero-order valence-corrected chi connectivity index (χ0v) is 14.5. The smallest absolute Gasteiger partial charge is 0.317 e. The second kappa shape index (κ2) is 6.75. The number of carbonyl (C=O) groups is 1. The van der Waals surface area contributed by atoms with E-state index in [4.69, 9.17) is 0 Å². The van der Waals surface area contributed by atoms with Crippen LogP contribution in [0.4, 0.5) is 4.79 Å². The molecule has 0 aromatic heterocycles. The summed E-state index contributed by atoms with van der Waals surface area (Å²) in [4.78, 5) is 17.4. The number of urea groups is 1. The highest BCUT2D eigenvalue weighted by atomic mass is 16.2. The monoisotopic (exact) mass is 327 g/mol. The third-order valence-corrected chi connectivity index (χ3v) is 5.97. The van der Waals surface area contributed by atoms with Gasteiger partial charge in [-0.1, -0.05) is 36.8 Å². The van der Waals surface area contributed by atoms with Gasteiger partial charge in [0.25, 0.3) is 0 Å². The number of piperidine rings is 1. The second-order valence-electron chi connectivity index (χ2n) is 7.86. The largest absolute Gasteiger partial charge is 0.332 e. The van der Waals surface area contributed by atoms with E-state index in [1.807, 2.05) is 11.0 Å². The summed E-state index contributed by atoms with van der Waals surface area (Å²) >= 11 is 0. The number of carbonyl (C=O) groups excluding carboxylic acids is 1. The van der Waals surface area contributed by atoms with Gasteiger partial charge >= 0.3 is 6.03 Å². The summed E-state index contributed by atoms with van der Waals surface area (Å²) in [7, 11) is 0. The molecule has 3 aliphatic rings. The highest BCUT2D eigenvalue weighted by Crippen LogP contribution is 2.39. The highest BCUT2D eigenvalue weighted by Gasteiger charge is 2.45. The fraction of sp³-hybridized carbons (Fsp3) is 0.650. The molecular formula is C20H29N3O. The van der Waals surface area contributed by atoms with Crippen LogP contribution < -0.4 is 5.32 Å². The van der Waals surface area contributed by atoms with Crippen molar-refractivity contribution in [2.75, 3.05) is 26.2 Å². The lowest BCUT2D eigenvalue weighted by Gasteiger charge is -2.32. The van der Waals surface area contributed by atoms with Crippen LogP contribution in [-0.4, -0.2) is 53.6 Å². The van der Waals surface area contributed by atoms with Crippen LogP contribution in [0.3, 0.4) is 0 Å². The quantitative estimate of drug-likeness (QED) is 0.923. The predicted octanol–water partition coefficient (Wildman–Crippen LogP) is 3.03. The molecule has 0 bridgehead atoms. The minimum atomic E-state index is 0.0155. The number of amides is 2. The molecule has 0 radical (unpaired) electrons. The maximum Gasteiger partial charge on any atom is 0.317 e. The van der Waals surface area contributed by atoms with Crippen molar-refractivity contribution in [2.45, 2.75) is 56.5 Å². The van der Waals surface area contributed by atoms with E-state index in [0.717, 1.165) is 38.8 Å². The summed E-state index contributed by atoms with van der Waals surface area (Å²) < 4.78 is 0. The van der Waals surface area contributed by atoms with Gasteiger partial charge in [0.2, 0.25) is 0 Å². The molecule has 0 spiro atoms. The Bertz CT molecular complexity index is 564. The number of nitrogens with zero attached hydrogens (tertiary/aromatic N) is 2. The average Bonchev–Trinajstić information content (AvgIpc) is 3.18. The van der Waals surface area contributed by atoms with E-state index in [9.17, 15) is 4.79 Å². The van der Waals surface area contributed by atoms with Crippen molar-refractivity contribution >= 4 is 6.03 Å². The summed E-state index contributed by atoms with van der Waals surface area (Å²) in [6.45, 7) is 4.26. The number of benzene rings is 1. The van der Waals surface area contributed by atoms with E-state index in [0.29, 0.717) is 6.04 Å². The van der Waals surface area contributed by atoms with Crippen molar-refractivity contribution < 1.29 is 4.79 Å². The van der Waals surface area contributed by atoms with Crippen molar-refractivity contribution in [1.29, 1.82) is 0 Å². The van der Waals surface area contributed by atoms with E-state index in [1.165, 1.54) is 37.9 Å². The van der Waals surface area contributed by atoms with Gasteiger partial charge in [0, 0.05) is 24.7 Å². The molecule has 4 nitrogen and oxygen atoms in total. The van der Waals surface area contributed by atoms with E-state index >= 15 is 0 Å². The summed E-state index contributed by atoms with van der Waals surface area (Å²) in [6.07, 6.45) is 8.33. The normalized spacial score (nSPS) is 26.3. The molecule has 1 saturated carbocycles. The van der Waals surface area contributed by atoms with Gasteiger partial charge in [-0.05, 0) is 57.2 Å². The third-order valence-electron chi connectivity index (χ3n) is 5.97. The van der Waals surface area contributed by atoms with Crippen LogP contribution in [0.15, 0.2) is 30.3 Å². The van der Waals surface area contributed by atoms with Crippen LogP contribution in [0.5, 0.6) is 0 Å². The second-order valence-corrected chi connectivity index (χ2v) is 7.86. The van der Waals surface area contributed by atoms with Crippen molar-refractivity contribution in [3.05, 3.63) is 35.9 Å². The van der Waals surface area contributed by atoms with Gasteiger partial charge < -0.3 is 10.2 Å². The molecule has 4 rings (SSSR count). The van der Waals surface area contributed by atoms with Crippen LogP contribution in [0.25, 0.3) is 0 Å². The zero-order chi connectivity index (χ0) is 16.4. The van der Waals surface area contributed by atoms with Crippen LogP contribution in [-0.2, 0) is 6.42 Å². The first kappa shape index (κ1) is 15.9. The molecule has 2 heterocycles. The summed E-state index contributed by atoms with van der Waals surface area (Å²) in [5, 5.41) is 3.35. The Hall–Kier alpha value is -1.55. The SMILES string of the molecule is O=C(NC1(Cc2ccccc2)CC1)N1CC[C@@H](N2CCCCC2)C1. The van der Waals surface area contributed by atoms with Crippen molar-refractivity contribution in [1.82, 2.24) is 15.1 Å². The summed E-state index contributed by atoms with van der Waals surface area (Å²) in [6, 6.07) is 11.3. The standard InChI is InChI=1S/C20H29N3O/c24-19(21-20(10-11-20)15-17-7-3-1-4-8-17)23-14-9-18(16-23)22-12-5-2-6-13-22/h1,3-4,7-8,18H,2,5-6,9-16H2,(H,21,24)/t18-/m1/s1. The van der Waals surface area contributed by atoms with Gasteiger partial charge in [0.1, 0.15) is 0 Å². The van der Waals surface area contributed by atoms with Gasteiger partial charge in [-0.3, -0.25) is 4.90 Å². The first-order valence-electron chi connectivity index (χ1n) is 9.59. The molecular weight excluding hydrogens is 298 g/mol. The number of hydrogen-bond donors (Lipinski definition) is 1. The molecule has 0 unspecified atom stereocenters. The maximum absolute atomic E-state index is 12.7. The zero-order valence-electron chi connectivity index (χ0n) is 14.5. The average molecular weight is 327 g/mol. The molecule has 2 amide bonds. The van der Waals surface area contributed by atoms with Gasteiger partial charge in [-0.25, -0.2) is 4.79 Å². The number of nitrogens with one attached hydrogen (secondary N) is 1. The lowest BCUT2D eigenvalue weighted by molar-refractivity contribution is 0.160. The molecule has 2 saturated heterocycles. The fourth-order valence-corrected chi connectivity index (χ4v) is 4.30. The number of hydrogen-bond acceptors (Lipinski definition) is 2. The van der Waals surface area contributed by atoms with Gasteiger partial charge in [-0.15, -0.1) is 0 Å². The van der Waals surface area contributed by atoms with Gasteiger partial charge in [0.05, 0.1) is 0 Å². The Morgan fingerprint density at radius 3 is 2.54 bits per heavy atom. The molecule has 1 atom stereocenters. The number of rotatable bonds is 4. The molecule has 1 aliphatic carbocycles. The van der Waals surface area contributed by atoms with Crippen LogP contribution in [0.2, 0.25) is 0 Å². The molecule has 1 aromatic carbocycles. The lowest BCUT2D eigenvalue weighted by atomic mass is 10.0. The minimum absolute atomic E-state index is 0.0155. The summed E-state index contributed by atoms with van der Waals surface area (Å²) in [5.41, 5.74) is 1.34. The molecule has 24 heavy (non-hydrogen) atoms. The van der Waals surface area contributed by atoms with Crippen molar-refractivity contribution in [3.8, 4) is 0 Å². The minimum Gasteiger partial charge on any atom is -0.332 e. The molecule has 1 N–H and O–H groups in total. The van der Waals surface area contributed by atoms with Gasteiger partial charge in [-0.2, -0.15) is 0 Å².